The van der Waals surface area contributed by atoms with Crippen molar-refractivity contribution in [1.82, 2.24) is 5.32 Å². The molecule has 0 bridgehead atoms. The third kappa shape index (κ3) is 6.40. The standard InChI is InChI=1S/C12H25INO6P/c1-5-18-12(4,19-6-2)21(17,20-7-3)9-10(8-13)14-11(15)16/h10,14H,5-9H2,1-4H3,(H,15,16)/t10-,21?/m1/s1. The Hall–Kier alpha value is 0.110. The summed E-state index contributed by atoms with van der Waals surface area (Å²) in [5.41, 5.74) is -1.38. The lowest BCUT2D eigenvalue weighted by Crippen LogP contribution is -2.42. The Balaban J connectivity index is 5.35. The Morgan fingerprint density at radius 2 is 1.81 bits per heavy atom. The van der Waals surface area contributed by atoms with Gasteiger partial charge in [0.25, 0.3) is 7.37 Å². The molecule has 0 saturated carbocycles. The smallest absolute Gasteiger partial charge is 0.404 e. The van der Waals surface area contributed by atoms with Gasteiger partial charge >= 0.3 is 6.09 Å². The number of hydrogen-bond donors (Lipinski definition) is 2. The first-order valence-electron chi connectivity index (χ1n) is 6.85. The number of halogens is 1. The lowest BCUT2D eigenvalue weighted by molar-refractivity contribution is -0.168. The first-order valence-corrected chi connectivity index (χ1v) is 10.2. The molecule has 0 rings (SSSR count). The lowest BCUT2D eigenvalue weighted by atomic mass is 10.4. The van der Waals surface area contributed by atoms with Gasteiger partial charge in [0.15, 0.2) is 0 Å². The van der Waals surface area contributed by atoms with Crippen LogP contribution in [0.1, 0.15) is 27.7 Å². The Morgan fingerprint density at radius 1 is 1.29 bits per heavy atom. The van der Waals surface area contributed by atoms with Crippen LogP contribution in [-0.2, 0) is 18.6 Å². The summed E-state index contributed by atoms with van der Waals surface area (Å²) in [6.45, 7) is 7.73. The molecule has 1 unspecified atom stereocenters. The SMILES string of the molecule is CCOC(C)(OCC)P(=O)(C[C@@H](CI)NC(=O)O)OCC. The zero-order valence-corrected chi connectivity index (χ0v) is 16.0. The van der Waals surface area contributed by atoms with Crippen LogP contribution in [0.15, 0.2) is 0 Å². The summed E-state index contributed by atoms with van der Waals surface area (Å²) < 4.78 is 30.3. The molecule has 0 saturated heterocycles. The Bertz CT molecular complexity index is 362. The van der Waals surface area contributed by atoms with Crippen molar-refractivity contribution in [3.8, 4) is 0 Å². The van der Waals surface area contributed by atoms with E-state index in [1.807, 2.05) is 22.6 Å². The predicted molar refractivity (Wildman–Crippen MR) is 89.6 cm³/mol. The summed E-state index contributed by atoms with van der Waals surface area (Å²) in [6.07, 6.45) is -1.14. The van der Waals surface area contributed by atoms with Gasteiger partial charge in [-0.25, -0.2) is 4.79 Å². The second-order valence-electron chi connectivity index (χ2n) is 4.34. The molecular formula is C12H25INO6P. The molecule has 126 valence electrons. The van der Waals surface area contributed by atoms with Crippen LogP contribution in [-0.4, -0.2) is 53.2 Å². The lowest BCUT2D eigenvalue weighted by Gasteiger charge is -2.37. The van der Waals surface area contributed by atoms with E-state index in [4.69, 9.17) is 19.1 Å². The van der Waals surface area contributed by atoms with Crippen LogP contribution in [0.4, 0.5) is 4.79 Å². The molecule has 0 radical (unpaired) electrons. The number of alkyl halides is 1. The molecule has 0 aliphatic rings. The molecular weight excluding hydrogens is 412 g/mol. The Kier molecular flexibility index (Phi) is 10.0. The molecule has 0 aromatic carbocycles. The molecule has 1 amide bonds. The average molecular weight is 437 g/mol. The molecule has 0 spiro atoms. The first-order chi connectivity index (χ1) is 9.78. The summed E-state index contributed by atoms with van der Waals surface area (Å²) in [5.74, 6) is 0. The van der Waals surface area contributed by atoms with Gasteiger partial charge < -0.3 is 24.4 Å². The van der Waals surface area contributed by atoms with E-state index in [1.165, 1.54) is 0 Å². The van der Waals surface area contributed by atoms with Gasteiger partial charge in [-0.15, -0.1) is 0 Å². The van der Waals surface area contributed by atoms with Gasteiger partial charge in [0.1, 0.15) is 0 Å². The minimum absolute atomic E-state index is 0.0204. The molecule has 0 aromatic rings. The van der Waals surface area contributed by atoms with Gasteiger partial charge in [0, 0.05) is 17.6 Å². The molecule has 0 fully saturated rings. The zero-order chi connectivity index (χ0) is 16.5. The number of hydrogen-bond acceptors (Lipinski definition) is 5. The van der Waals surface area contributed by atoms with Crippen LogP contribution >= 0.6 is 30.0 Å². The van der Waals surface area contributed by atoms with E-state index in [0.29, 0.717) is 17.6 Å². The maximum atomic E-state index is 13.3. The normalized spacial score (nSPS) is 16.2. The van der Waals surface area contributed by atoms with Crippen LogP contribution in [0.2, 0.25) is 0 Å². The summed E-state index contributed by atoms with van der Waals surface area (Å²) in [5, 5.41) is 11.2. The van der Waals surface area contributed by atoms with E-state index in [-0.39, 0.29) is 12.8 Å². The largest absolute Gasteiger partial charge is 0.465 e. The molecule has 9 heteroatoms. The molecule has 21 heavy (non-hydrogen) atoms. The fraction of sp³-hybridized carbons (Fsp3) is 0.917. The highest BCUT2D eigenvalue weighted by Gasteiger charge is 2.49. The fourth-order valence-corrected chi connectivity index (χ4v) is 5.48. The number of carbonyl (C=O) groups is 1. The summed E-state index contributed by atoms with van der Waals surface area (Å²) >= 11 is 2.04. The quantitative estimate of drug-likeness (QED) is 0.223. The minimum Gasteiger partial charge on any atom is -0.465 e. The predicted octanol–water partition coefficient (Wildman–Crippen LogP) is 3.12. The van der Waals surface area contributed by atoms with Crippen molar-refractivity contribution in [2.75, 3.05) is 30.4 Å². The van der Waals surface area contributed by atoms with Crippen LogP contribution in [0.3, 0.4) is 0 Å². The number of ether oxygens (including phenoxy) is 2. The van der Waals surface area contributed by atoms with E-state index < -0.39 is 25.0 Å². The van der Waals surface area contributed by atoms with Crippen LogP contribution < -0.4 is 5.32 Å². The Morgan fingerprint density at radius 3 is 2.14 bits per heavy atom. The van der Waals surface area contributed by atoms with Crippen LogP contribution in [0.5, 0.6) is 0 Å². The van der Waals surface area contributed by atoms with E-state index in [1.54, 1.807) is 27.7 Å². The third-order valence-corrected chi connectivity index (χ3v) is 6.91. The Labute approximate surface area is 139 Å². The summed E-state index contributed by atoms with van der Waals surface area (Å²) in [4.78, 5) is 10.8. The molecule has 0 aliphatic heterocycles. The maximum absolute atomic E-state index is 13.3. The van der Waals surface area contributed by atoms with E-state index in [0.717, 1.165) is 0 Å². The van der Waals surface area contributed by atoms with Crippen molar-refractivity contribution >= 4 is 36.1 Å². The van der Waals surface area contributed by atoms with Gasteiger partial charge in [-0.2, -0.15) is 0 Å². The van der Waals surface area contributed by atoms with Crippen molar-refractivity contribution in [3.63, 3.8) is 0 Å². The van der Waals surface area contributed by atoms with Crippen molar-refractivity contribution in [3.05, 3.63) is 0 Å². The van der Waals surface area contributed by atoms with E-state index in [9.17, 15) is 9.36 Å². The summed E-state index contributed by atoms with van der Waals surface area (Å²) in [7, 11) is -3.38. The zero-order valence-electron chi connectivity index (χ0n) is 12.9. The highest BCUT2D eigenvalue weighted by atomic mass is 127. The van der Waals surface area contributed by atoms with Crippen molar-refractivity contribution in [1.29, 1.82) is 0 Å². The minimum atomic E-state index is -3.38. The topological polar surface area (TPSA) is 94.1 Å². The second kappa shape index (κ2) is 9.99. The monoisotopic (exact) mass is 437 g/mol. The van der Waals surface area contributed by atoms with Crippen molar-refractivity contribution < 1.29 is 28.5 Å². The first kappa shape index (κ1) is 21.1. The molecule has 2 N–H and O–H groups in total. The number of carboxylic acid groups (broad SMARTS) is 1. The second-order valence-corrected chi connectivity index (χ2v) is 8.00. The van der Waals surface area contributed by atoms with Crippen molar-refractivity contribution in [2.24, 2.45) is 0 Å². The van der Waals surface area contributed by atoms with E-state index in [2.05, 4.69) is 5.32 Å². The van der Waals surface area contributed by atoms with Crippen LogP contribution in [0.25, 0.3) is 0 Å². The fourth-order valence-electron chi connectivity index (χ4n) is 1.92. The highest BCUT2D eigenvalue weighted by molar-refractivity contribution is 14.1. The average Bonchev–Trinajstić information content (AvgIpc) is 2.38. The maximum Gasteiger partial charge on any atom is 0.404 e. The summed E-state index contributed by atoms with van der Waals surface area (Å²) in [6, 6.07) is -0.499. The third-order valence-electron chi connectivity index (χ3n) is 2.76. The number of nitrogens with one attached hydrogen (secondary N) is 1. The van der Waals surface area contributed by atoms with Gasteiger partial charge in [-0.1, -0.05) is 22.6 Å². The molecule has 0 aliphatic carbocycles. The molecule has 0 aromatic heterocycles. The van der Waals surface area contributed by atoms with Gasteiger partial charge in [-0.05, 0) is 27.7 Å². The van der Waals surface area contributed by atoms with Gasteiger partial charge in [0.05, 0.1) is 18.8 Å². The number of amides is 1. The highest BCUT2D eigenvalue weighted by Crippen LogP contribution is 2.60. The molecule has 0 heterocycles. The van der Waals surface area contributed by atoms with E-state index >= 15 is 0 Å². The molecule has 2 atom stereocenters. The van der Waals surface area contributed by atoms with Crippen molar-refractivity contribution in [2.45, 2.75) is 39.3 Å². The van der Waals surface area contributed by atoms with Gasteiger partial charge in [0.2, 0.25) is 5.53 Å². The molecule has 7 nitrogen and oxygen atoms in total. The van der Waals surface area contributed by atoms with Gasteiger partial charge in [-0.3, -0.25) is 4.57 Å². The number of rotatable bonds is 11. The van der Waals surface area contributed by atoms with Crippen LogP contribution in [0, 0.1) is 0 Å².